The zero-order valence-corrected chi connectivity index (χ0v) is 28.2. The smallest absolute Gasteiger partial charge is 0.325 e. The quantitative estimate of drug-likeness (QED) is 0.120. The third-order valence-electron chi connectivity index (χ3n) is 6.08. The highest BCUT2D eigenvalue weighted by Crippen LogP contribution is 2.33. The van der Waals surface area contributed by atoms with E-state index in [4.69, 9.17) is 40.1 Å². The van der Waals surface area contributed by atoms with Gasteiger partial charge in [0.2, 0.25) is 0 Å². The molecule has 0 aromatic rings. The van der Waals surface area contributed by atoms with E-state index in [-0.39, 0.29) is 0 Å². The molecular formula is C22H54O9Si4. The summed E-state index contributed by atoms with van der Waals surface area (Å²) in [7, 11) is 0.0627. The van der Waals surface area contributed by atoms with Crippen LogP contribution in [-0.2, 0) is 40.1 Å². The van der Waals surface area contributed by atoms with Gasteiger partial charge < -0.3 is 40.1 Å². The molecule has 0 aliphatic rings. The van der Waals surface area contributed by atoms with Crippen molar-refractivity contribution in [1.82, 2.24) is 0 Å². The highest BCUT2D eigenvalue weighted by molar-refractivity contribution is 6.88. The maximum Gasteiger partial charge on any atom is 0.325 e. The van der Waals surface area contributed by atoms with Gasteiger partial charge in [-0.3, -0.25) is 0 Å². The van der Waals surface area contributed by atoms with E-state index in [1.807, 2.05) is 0 Å². The Bertz CT molecular complexity index is 495. The predicted octanol–water partition coefficient (Wildman–Crippen LogP) is 4.76. The lowest BCUT2D eigenvalue weighted by atomic mass is 10.5. The topological polar surface area (TPSA) is 83.1 Å². The Balaban J connectivity index is 5.90. The molecule has 0 radical (unpaired) electrons. The van der Waals surface area contributed by atoms with Crippen LogP contribution in [0.25, 0.3) is 0 Å². The maximum atomic E-state index is 7.10. The van der Waals surface area contributed by atoms with Crippen LogP contribution >= 0.6 is 0 Å². The summed E-state index contributed by atoms with van der Waals surface area (Å²) < 4.78 is 54.2. The Hall–Kier alpha value is 0.508. The van der Waals surface area contributed by atoms with Gasteiger partial charge in [-0.1, -0.05) is 0 Å². The highest BCUT2D eigenvalue weighted by Gasteiger charge is 2.50. The molecule has 0 aromatic heterocycles. The van der Waals surface area contributed by atoms with E-state index in [1.165, 1.54) is 0 Å². The summed E-state index contributed by atoms with van der Waals surface area (Å²) in [6.45, 7) is 11.3. The molecule has 4 atom stereocenters. The van der Waals surface area contributed by atoms with Gasteiger partial charge in [0.1, 0.15) is 0 Å². The van der Waals surface area contributed by atoms with Crippen molar-refractivity contribution in [3.8, 4) is 0 Å². The van der Waals surface area contributed by atoms with Crippen LogP contribution in [0.1, 0.15) is 25.7 Å². The number of ether oxygens (including phenoxy) is 4. The molecule has 0 bridgehead atoms. The summed E-state index contributed by atoms with van der Waals surface area (Å²) in [4.78, 5) is 0. The second-order valence-electron chi connectivity index (χ2n) is 9.64. The molecule has 4 unspecified atom stereocenters. The third kappa shape index (κ3) is 15.5. The normalized spacial score (nSPS) is 19.0. The number of rotatable bonds is 24. The molecule has 0 saturated heterocycles. The molecule has 0 fully saturated rings. The second-order valence-corrected chi connectivity index (χ2v) is 24.0. The molecular weight excluding hydrogens is 521 g/mol. The first kappa shape index (κ1) is 35.5. The molecule has 0 aromatic carbocycles. The number of methoxy groups -OCH3 is 4. The van der Waals surface area contributed by atoms with Gasteiger partial charge in [0.25, 0.3) is 0 Å². The first-order chi connectivity index (χ1) is 16.5. The van der Waals surface area contributed by atoms with Gasteiger partial charge in [-0.05, 0) is 76.0 Å². The molecule has 0 aliphatic carbocycles. The van der Waals surface area contributed by atoms with Gasteiger partial charge in [0.15, 0.2) is 0 Å². The van der Waals surface area contributed by atoms with Crippen LogP contribution in [0.3, 0.4) is 0 Å². The van der Waals surface area contributed by atoms with Crippen molar-refractivity contribution in [2.24, 2.45) is 0 Å². The summed E-state index contributed by atoms with van der Waals surface area (Å²) in [5, 5.41) is 0. The van der Waals surface area contributed by atoms with Crippen molar-refractivity contribution in [3.05, 3.63) is 0 Å². The van der Waals surface area contributed by atoms with Gasteiger partial charge in [-0.15, -0.1) is 0 Å². The van der Waals surface area contributed by atoms with Crippen LogP contribution in [0, 0.1) is 0 Å². The lowest BCUT2D eigenvalue weighted by Crippen LogP contribution is -2.60. The maximum absolute atomic E-state index is 7.10. The molecule has 0 N–H and O–H groups in total. The molecule has 0 heterocycles. The first-order valence-electron chi connectivity index (χ1n) is 12.7. The minimum absolute atomic E-state index is 0.661. The molecule has 0 aliphatic heterocycles. The summed E-state index contributed by atoms with van der Waals surface area (Å²) in [6, 6.07) is 3.31. The SMILES string of the molecule is COCCC[Si](C)(OC)O[Si](C)(CCCOC)O[Si](C)(CCCOC)O[Si](C)(CCCOC)OC. The zero-order chi connectivity index (χ0) is 26.8. The van der Waals surface area contributed by atoms with E-state index in [9.17, 15) is 0 Å². The monoisotopic (exact) mass is 574 g/mol. The van der Waals surface area contributed by atoms with Crippen molar-refractivity contribution in [2.75, 3.05) is 69.1 Å². The van der Waals surface area contributed by atoms with E-state index in [0.29, 0.717) is 26.4 Å². The molecule has 0 rings (SSSR count). The minimum Gasteiger partial charge on any atom is -0.416 e. The van der Waals surface area contributed by atoms with E-state index >= 15 is 0 Å². The van der Waals surface area contributed by atoms with E-state index in [2.05, 4.69) is 26.2 Å². The van der Waals surface area contributed by atoms with Crippen LogP contribution < -0.4 is 0 Å². The first-order valence-corrected chi connectivity index (χ1v) is 22.7. The van der Waals surface area contributed by atoms with Crippen LogP contribution in [0.15, 0.2) is 0 Å². The fraction of sp³-hybridized carbons (Fsp3) is 1.00. The van der Waals surface area contributed by atoms with E-state index in [0.717, 1.165) is 49.9 Å². The van der Waals surface area contributed by atoms with Crippen molar-refractivity contribution in [1.29, 1.82) is 0 Å². The van der Waals surface area contributed by atoms with Gasteiger partial charge in [0, 0.05) is 69.1 Å². The Morgan fingerprint density at radius 1 is 0.371 bits per heavy atom. The molecule has 0 amide bonds. The van der Waals surface area contributed by atoms with E-state index in [1.54, 1.807) is 42.7 Å². The summed E-state index contributed by atoms with van der Waals surface area (Å²) >= 11 is 0. The largest absolute Gasteiger partial charge is 0.416 e. The Labute approximate surface area is 219 Å². The van der Waals surface area contributed by atoms with Crippen molar-refractivity contribution >= 4 is 34.2 Å². The lowest BCUT2D eigenvalue weighted by molar-refractivity contribution is 0.182. The average molecular weight is 575 g/mol. The lowest BCUT2D eigenvalue weighted by Gasteiger charge is -2.44. The fourth-order valence-electron chi connectivity index (χ4n) is 4.16. The molecule has 35 heavy (non-hydrogen) atoms. The van der Waals surface area contributed by atoms with Gasteiger partial charge in [-0.25, -0.2) is 0 Å². The summed E-state index contributed by atoms with van der Waals surface area (Å²) in [5.41, 5.74) is 0. The average Bonchev–Trinajstić information content (AvgIpc) is 2.79. The fourth-order valence-corrected chi connectivity index (χ4v) is 22.9. The predicted molar refractivity (Wildman–Crippen MR) is 149 cm³/mol. The van der Waals surface area contributed by atoms with Crippen LogP contribution in [0.5, 0.6) is 0 Å². The second kappa shape index (κ2) is 18.7. The standard InChI is InChI=1S/C22H54O9Si4/c1-23-15-11-19-32(7,27-5)29-34(9,21-13-17-25-3)31-35(10,22-14-18-26-4)30-33(8,28-6)20-12-16-24-2/h11-22H2,1-10H3. The van der Waals surface area contributed by atoms with Gasteiger partial charge in [0.05, 0.1) is 0 Å². The molecule has 0 saturated carbocycles. The third-order valence-corrected chi connectivity index (χ3v) is 23.2. The number of hydrogen-bond donors (Lipinski definition) is 0. The van der Waals surface area contributed by atoms with Crippen molar-refractivity contribution in [3.63, 3.8) is 0 Å². The van der Waals surface area contributed by atoms with Gasteiger partial charge in [-0.2, -0.15) is 0 Å². The molecule has 13 heteroatoms. The van der Waals surface area contributed by atoms with E-state index < -0.39 is 34.2 Å². The number of hydrogen-bond acceptors (Lipinski definition) is 9. The zero-order valence-electron chi connectivity index (χ0n) is 24.2. The summed E-state index contributed by atoms with van der Waals surface area (Å²) in [5.74, 6) is 0. The minimum atomic E-state index is -2.70. The van der Waals surface area contributed by atoms with Gasteiger partial charge >= 0.3 is 34.2 Å². The van der Waals surface area contributed by atoms with Crippen LogP contribution in [0.2, 0.25) is 50.4 Å². The highest BCUT2D eigenvalue weighted by atomic mass is 28.5. The van der Waals surface area contributed by atoms with Crippen LogP contribution in [0.4, 0.5) is 0 Å². The Kier molecular flexibility index (Phi) is 19.0. The Morgan fingerprint density at radius 2 is 0.600 bits per heavy atom. The summed E-state index contributed by atoms with van der Waals surface area (Å²) in [6.07, 6.45) is 3.51. The molecule has 0 spiro atoms. The Morgan fingerprint density at radius 3 is 0.829 bits per heavy atom. The molecule has 212 valence electrons. The van der Waals surface area contributed by atoms with Crippen LogP contribution in [-0.4, -0.2) is 103 Å². The molecule has 9 nitrogen and oxygen atoms in total. The van der Waals surface area contributed by atoms with Crippen molar-refractivity contribution < 1.29 is 40.1 Å². The van der Waals surface area contributed by atoms with Crippen molar-refractivity contribution in [2.45, 2.75) is 76.0 Å².